The maximum absolute atomic E-state index is 12.7. The zero-order valence-electron chi connectivity index (χ0n) is 9.17. The molecule has 0 spiro atoms. The third-order valence-electron chi connectivity index (χ3n) is 3.03. The van der Waals surface area contributed by atoms with Crippen LogP contribution < -0.4 is 5.32 Å². The van der Waals surface area contributed by atoms with Crippen LogP contribution in [0.3, 0.4) is 0 Å². The molecule has 0 aliphatic heterocycles. The van der Waals surface area contributed by atoms with Gasteiger partial charge in [0.05, 0.1) is 0 Å². The van der Waals surface area contributed by atoms with E-state index in [1.165, 1.54) is 18.4 Å². The highest BCUT2D eigenvalue weighted by molar-refractivity contribution is 5.17. The van der Waals surface area contributed by atoms with Gasteiger partial charge in [-0.1, -0.05) is 19.1 Å². The molecule has 1 aliphatic carbocycles. The first kappa shape index (κ1) is 10.6. The Morgan fingerprint density at radius 3 is 2.53 bits per heavy atom. The van der Waals surface area contributed by atoms with E-state index in [9.17, 15) is 4.39 Å². The first-order valence-corrected chi connectivity index (χ1v) is 5.77. The molecule has 2 rings (SSSR count). The topological polar surface area (TPSA) is 12.0 Å². The fraction of sp³-hybridized carbons (Fsp3) is 0.538. The van der Waals surface area contributed by atoms with Crippen molar-refractivity contribution in [1.82, 2.24) is 5.32 Å². The quantitative estimate of drug-likeness (QED) is 0.783. The summed E-state index contributed by atoms with van der Waals surface area (Å²) in [5, 5.41) is 3.51. The van der Waals surface area contributed by atoms with Gasteiger partial charge in [0.25, 0.3) is 0 Å². The Kier molecular flexibility index (Phi) is 3.37. The second-order valence-electron chi connectivity index (χ2n) is 4.33. The summed E-state index contributed by atoms with van der Waals surface area (Å²) in [5.41, 5.74) is 1.23. The second-order valence-corrected chi connectivity index (χ2v) is 4.33. The Hall–Kier alpha value is -0.890. The summed E-state index contributed by atoms with van der Waals surface area (Å²) in [4.78, 5) is 0. The van der Waals surface area contributed by atoms with Gasteiger partial charge < -0.3 is 5.32 Å². The van der Waals surface area contributed by atoms with E-state index in [1.807, 2.05) is 12.1 Å². The number of likely N-dealkylation sites (N-methyl/N-ethyl adjacent to an activating group) is 1. The van der Waals surface area contributed by atoms with Gasteiger partial charge in [0.2, 0.25) is 0 Å². The molecule has 82 valence electrons. The summed E-state index contributed by atoms with van der Waals surface area (Å²) >= 11 is 0. The molecule has 1 fully saturated rings. The van der Waals surface area contributed by atoms with E-state index in [-0.39, 0.29) is 5.82 Å². The minimum Gasteiger partial charge on any atom is -0.314 e. The molecule has 1 aromatic carbocycles. The van der Waals surface area contributed by atoms with Gasteiger partial charge in [-0.15, -0.1) is 0 Å². The molecule has 0 radical (unpaired) electrons. The fourth-order valence-corrected chi connectivity index (χ4v) is 2.04. The van der Waals surface area contributed by atoms with Crippen molar-refractivity contribution in [2.75, 3.05) is 6.54 Å². The molecule has 0 saturated heterocycles. The highest BCUT2D eigenvalue weighted by Crippen LogP contribution is 2.34. The van der Waals surface area contributed by atoms with E-state index in [0.717, 1.165) is 18.9 Å². The van der Waals surface area contributed by atoms with Crippen molar-refractivity contribution in [2.24, 2.45) is 5.92 Å². The maximum atomic E-state index is 12.7. The summed E-state index contributed by atoms with van der Waals surface area (Å²) in [6.07, 6.45) is 3.72. The monoisotopic (exact) mass is 207 g/mol. The zero-order valence-corrected chi connectivity index (χ0v) is 9.17. The Morgan fingerprint density at radius 2 is 2.00 bits per heavy atom. The predicted molar refractivity (Wildman–Crippen MR) is 60.3 cm³/mol. The van der Waals surface area contributed by atoms with Crippen LogP contribution in [0.25, 0.3) is 0 Å². The van der Waals surface area contributed by atoms with Crippen LogP contribution in [0.5, 0.6) is 0 Å². The summed E-state index contributed by atoms with van der Waals surface area (Å²) in [7, 11) is 0. The Morgan fingerprint density at radius 1 is 1.33 bits per heavy atom. The summed E-state index contributed by atoms with van der Waals surface area (Å²) in [6, 6.07) is 7.46. The van der Waals surface area contributed by atoms with Crippen molar-refractivity contribution in [3.05, 3.63) is 35.6 Å². The van der Waals surface area contributed by atoms with Crippen molar-refractivity contribution in [3.8, 4) is 0 Å². The molecule has 0 aromatic heterocycles. The van der Waals surface area contributed by atoms with E-state index in [1.54, 1.807) is 12.1 Å². The van der Waals surface area contributed by atoms with Crippen LogP contribution in [0.4, 0.5) is 4.39 Å². The van der Waals surface area contributed by atoms with Crippen LogP contribution in [-0.4, -0.2) is 12.6 Å². The fourth-order valence-electron chi connectivity index (χ4n) is 2.04. The van der Waals surface area contributed by atoms with Crippen LogP contribution in [0.1, 0.15) is 25.3 Å². The number of halogens is 1. The Balaban J connectivity index is 1.95. The number of rotatable bonds is 5. The number of hydrogen-bond donors (Lipinski definition) is 1. The average Bonchev–Trinajstić information content (AvgIpc) is 3.04. The zero-order chi connectivity index (χ0) is 10.7. The molecular weight excluding hydrogens is 189 g/mol. The third-order valence-corrected chi connectivity index (χ3v) is 3.03. The number of benzene rings is 1. The lowest BCUT2D eigenvalue weighted by molar-refractivity contribution is 0.472. The molecule has 15 heavy (non-hydrogen) atoms. The van der Waals surface area contributed by atoms with Crippen molar-refractivity contribution in [3.63, 3.8) is 0 Å². The molecule has 0 amide bonds. The molecule has 1 aliphatic rings. The minimum absolute atomic E-state index is 0.148. The lowest BCUT2D eigenvalue weighted by atomic mass is 10.0. The van der Waals surface area contributed by atoms with Gasteiger partial charge in [-0.2, -0.15) is 0 Å². The normalized spacial score (nSPS) is 17.7. The standard InChI is InChI=1S/C13H18FN/c1-2-15-13(11-5-6-11)9-10-3-7-12(14)8-4-10/h3-4,7-8,11,13,15H,2,5-6,9H2,1H3. The SMILES string of the molecule is CCNC(Cc1ccc(F)cc1)C1CC1. The number of nitrogens with one attached hydrogen (secondary N) is 1. The van der Waals surface area contributed by atoms with Gasteiger partial charge in [-0.05, 0) is 49.4 Å². The van der Waals surface area contributed by atoms with E-state index >= 15 is 0 Å². The lowest BCUT2D eigenvalue weighted by Gasteiger charge is -2.17. The van der Waals surface area contributed by atoms with Crippen LogP contribution in [0.15, 0.2) is 24.3 Å². The van der Waals surface area contributed by atoms with Gasteiger partial charge in [-0.3, -0.25) is 0 Å². The molecular formula is C13H18FN. The van der Waals surface area contributed by atoms with Gasteiger partial charge in [0.1, 0.15) is 5.82 Å². The highest BCUT2D eigenvalue weighted by Gasteiger charge is 2.30. The largest absolute Gasteiger partial charge is 0.314 e. The van der Waals surface area contributed by atoms with Crippen LogP contribution >= 0.6 is 0 Å². The molecule has 1 aromatic rings. The molecule has 1 N–H and O–H groups in total. The number of hydrogen-bond acceptors (Lipinski definition) is 1. The molecule has 2 heteroatoms. The van der Waals surface area contributed by atoms with Gasteiger partial charge >= 0.3 is 0 Å². The summed E-state index contributed by atoms with van der Waals surface area (Å²) in [6.45, 7) is 3.16. The first-order valence-electron chi connectivity index (χ1n) is 5.77. The maximum Gasteiger partial charge on any atom is 0.123 e. The van der Waals surface area contributed by atoms with E-state index in [0.29, 0.717) is 6.04 Å². The van der Waals surface area contributed by atoms with Crippen molar-refractivity contribution >= 4 is 0 Å². The second kappa shape index (κ2) is 4.75. The van der Waals surface area contributed by atoms with Crippen LogP contribution in [0.2, 0.25) is 0 Å². The summed E-state index contributed by atoms with van der Waals surface area (Å²) in [5.74, 6) is 0.695. The minimum atomic E-state index is -0.148. The summed E-state index contributed by atoms with van der Waals surface area (Å²) < 4.78 is 12.7. The van der Waals surface area contributed by atoms with E-state index < -0.39 is 0 Å². The molecule has 1 nitrogen and oxygen atoms in total. The average molecular weight is 207 g/mol. The molecule has 1 unspecified atom stereocenters. The van der Waals surface area contributed by atoms with E-state index in [4.69, 9.17) is 0 Å². The molecule has 0 heterocycles. The van der Waals surface area contributed by atoms with Gasteiger partial charge in [-0.25, -0.2) is 4.39 Å². The molecule has 0 bridgehead atoms. The highest BCUT2D eigenvalue weighted by atomic mass is 19.1. The smallest absolute Gasteiger partial charge is 0.123 e. The van der Waals surface area contributed by atoms with Crippen molar-refractivity contribution in [2.45, 2.75) is 32.2 Å². The van der Waals surface area contributed by atoms with Crippen LogP contribution in [0, 0.1) is 11.7 Å². The predicted octanol–water partition coefficient (Wildman–Crippen LogP) is 2.76. The van der Waals surface area contributed by atoms with Crippen LogP contribution in [-0.2, 0) is 6.42 Å². The molecule has 1 atom stereocenters. The third kappa shape index (κ3) is 3.03. The van der Waals surface area contributed by atoms with E-state index in [2.05, 4.69) is 12.2 Å². The Bertz CT molecular complexity index is 303. The Labute approximate surface area is 90.7 Å². The van der Waals surface area contributed by atoms with Crippen molar-refractivity contribution < 1.29 is 4.39 Å². The van der Waals surface area contributed by atoms with Crippen molar-refractivity contribution in [1.29, 1.82) is 0 Å². The first-order chi connectivity index (χ1) is 7.29. The van der Waals surface area contributed by atoms with Gasteiger partial charge in [0.15, 0.2) is 0 Å². The van der Waals surface area contributed by atoms with Gasteiger partial charge in [0, 0.05) is 6.04 Å². The molecule has 1 saturated carbocycles. The lowest BCUT2D eigenvalue weighted by Crippen LogP contribution is -2.32.